The molecule has 0 aliphatic carbocycles. The molecule has 0 atom stereocenters. The number of hydrogen-bond acceptors (Lipinski definition) is 3. The van der Waals surface area contributed by atoms with Gasteiger partial charge in [-0.25, -0.2) is 0 Å². The monoisotopic (exact) mass is 232 g/mol. The third-order valence-corrected chi connectivity index (χ3v) is 3.00. The van der Waals surface area contributed by atoms with Gasteiger partial charge in [0, 0.05) is 31.7 Å². The molecule has 1 aromatic rings. The van der Waals surface area contributed by atoms with Gasteiger partial charge in [0.15, 0.2) is 0 Å². The van der Waals surface area contributed by atoms with Crippen LogP contribution >= 0.6 is 0 Å². The standard InChI is InChI=1S/C14H20N2O/c15-12-13-6-2-3-7-14(13)17-11-10-16-8-4-1-5-9-16/h1-4,6-7H,5,8-12,15H2. The first-order valence-electron chi connectivity index (χ1n) is 6.18. The van der Waals surface area contributed by atoms with Crippen molar-refractivity contribution in [3.8, 4) is 5.75 Å². The summed E-state index contributed by atoms with van der Waals surface area (Å²) in [4.78, 5) is 2.39. The van der Waals surface area contributed by atoms with Crippen LogP contribution in [0.4, 0.5) is 0 Å². The summed E-state index contributed by atoms with van der Waals surface area (Å²) in [6.07, 6.45) is 5.61. The third kappa shape index (κ3) is 3.58. The Morgan fingerprint density at radius 2 is 2.12 bits per heavy atom. The maximum Gasteiger partial charge on any atom is 0.123 e. The van der Waals surface area contributed by atoms with Crippen molar-refractivity contribution in [3.63, 3.8) is 0 Å². The molecule has 0 radical (unpaired) electrons. The van der Waals surface area contributed by atoms with Gasteiger partial charge in [-0.3, -0.25) is 4.90 Å². The van der Waals surface area contributed by atoms with Gasteiger partial charge >= 0.3 is 0 Å². The van der Waals surface area contributed by atoms with Gasteiger partial charge in [0.25, 0.3) is 0 Å². The van der Waals surface area contributed by atoms with Gasteiger partial charge in [-0.15, -0.1) is 0 Å². The van der Waals surface area contributed by atoms with Crippen molar-refractivity contribution in [2.24, 2.45) is 5.73 Å². The summed E-state index contributed by atoms with van der Waals surface area (Å²) in [5, 5.41) is 0. The quantitative estimate of drug-likeness (QED) is 0.787. The van der Waals surface area contributed by atoms with Crippen molar-refractivity contribution in [2.45, 2.75) is 13.0 Å². The molecule has 1 heterocycles. The Hall–Kier alpha value is -1.32. The van der Waals surface area contributed by atoms with E-state index in [0.29, 0.717) is 6.54 Å². The number of ether oxygens (including phenoxy) is 1. The first-order chi connectivity index (χ1) is 8.40. The zero-order valence-electron chi connectivity index (χ0n) is 10.1. The fourth-order valence-corrected chi connectivity index (χ4v) is 1.99. The highest BCUT2D eigenvalue weighted by Crippen LogP contribution is 2.16. The van der Waals surface area contributed by atoms with Crippen LogP contribution in [0, 0.1) is 0 Å². The Kier molecular flexibility index (Phi) is 4.59. The average Bonchev–Trinajstić information content (AvgIpc) is 2.40. The molecule has 1 aromatic carbocycles. The molecular formula is C14H20N2O. The van der Waals surface area contributed by atoms with Crippen LogP contribution in [0.25, 0.3) is 0 Å². The Bertz CT molecular complexity index is 376. The second-order valence-corrected chi connectivity index (χ2v) is 4.22. The van der Waals surface area contributed by atoms with E-state index in [9.17, 15) is 0 Å². The van der Waals surface area contributed by atoms with Crippen molar-refractivity contribution < 1.29 is 4.74 Å². The molecule has 0 unspecified atom stereocenters. The van der Waals surface area contributed by atoms with Gasteiger partial charge in [0.05, 0.1) is 0 Å². The molecule has 0 saturated heterocycles. The second-order valence-electron chi connectivity index (χ2n) is 4.22. The van der Waals surface area contributed by atoms with Gasteiger partial charge in [-0.1, -0.05) is 30.4 Å². The Balaban J connectivity index is 1.79. The van der Waals surface area contributed by atoms with E-state index in [1.807, 2.05) is 24.3 Å². The molecule has 0 bridgehead atoms. The summed E-state index contributed by atoms with van der Waals surface area (Å²) in [5.41, 5.74) is 6.74. The van der Waals surface area contributed by atoms with E-state index in [0.717, 1.165) is 44.0 Å². The molecule has 1 aliphatic rings. The van der Waals surface area contributed by atoms with Gasteiger partial charge in [0.1, 0.15) is 12.4 Å². The smallest absolute Gasteiger partial charge is 0.123 e. The second kappa shape index (κ2) is 6.42. The van der Waals surface area contributed by atoms with Crippen LogP contribution in [-0.2, 0) is 6.54 Å². The summed E-state index contributed by atoms with van der Waals surface area (Å²) in [6.45, 7) is 4.41. The maximum atomic E-state index is 5.79. The topological polar surface area (TPSA) is 38.5 Å². The van der Waals surface area contributed by atoms with E-state index in [2.05, 4.69) is 17.1 Å². The Morgan fingerprint density at radius 3 is 2.88 bits per heavy atom. The minimum Gasteiger partial charge on any atom is -0.492 e. The summed E-state index contributed by atoms with van der Waals surface area (Å²) in [5.74, 6) is 0.919. The van der Waals surface area contributed by atoms with E-state index >= 15 is 0 Å². The lowest BCUT2D eigenvalue weighted by atomic mass is 10.2. The van der Waals surface area contributed by atoms with Crippen LogP contribution in [-0.4, -0.2) is 31.1 Å². The first kappa shape index (κ1) is 12.1. The van der Waals surface area contributed by atoms with Crippen molar-refractivity contribution in [1.29, 1.82) is 0 Å². The predicted octanol–water partition coefficient (Wildman–Crippen LogP) is 1.79. The van der Waals surface area contributed by atoms with E-state index in [1.54, 1.807) is 0 Å². The molecule has 3 nitrogen and oxygen atoms in total. The van der Waals surface area contributed by atoms with Crippen molar-refractivity contribution in [2.75, 3.05) is 26.2 Å². The van der Waals surface area contributed by atoms with Crippen LogP contribution in [0.3, 0.4) is 0 Å². The first-order valence-corrected chi connectivity index (χ1v) is 6.18. The number of rotatable bonds is 5. The number of para-hydroxylation sites is 1. The normalized spacial score (nSPS) is 16.1. The highest BCUT2D eigenvalue weighted by molar-refractivity contribution is 5.32. The number of nitrogens with two attached hydrogens (primary N) is 1. The van der Waals surface area contributed by atoms with Crippen molar-refractivity contribution >= 4 is 0 Å². The van der Waals surface area contributed by atoms with Crippen LogP contribution in [0.2, 0.25) is 0 Å². The van der Waals surface area contributed by atoms with E-state index in [-0.39, 0.29) is 0 Å². The fraction of sp³-hybridized carbons (Fsp3) is 0.429. The number of hydrogen-bond donors (Lipinski definition) is 1. The fourth-order valence-electron chi connectivity index (χ4n) is 1.99. The van der Waals surface area contributed by atoms with Gasteiger partial charge in [0.2, 0.25) is 0 Å². The molecule has 0 spiro atoms. The highest BCUT2D eigenvalue weighted by atomic mass is 16.5. The van der Waals surface area contributed by atoms with Crippen molar-refractivity contribution in [1.82, 2.24) is 4.90 Å². The molecule has 17 heavy (non-hydrogen) atoms. The molecular weight excluding hydrogens is 212 g/mol. The summed E-state index contributed by atoms with van der Waals surface area (Å²) in [7, 11) is 0. The largest absolute Gasteiger partial charge is 0.492 e. The van der Waals surface area contributed by atoms with Crippen LogP contribution in [0.5, 0.6) is 5.75 Å². The summed E-state index contributed by atoms with van der Waals surface area (Å²) < 4.78 is 5.79. The zero-order valence-corrected chi connectivity index (χ0v) is 10.1. The third-order valence-electron chi connectivity index (χ3n) is 3.00. The zero-order chi connectivity index (χ0) is 11.9. The van der Waals surface area contributed by atoms with Gasteiger partial charge < -0.3 is 10.5 Å². The molecule has 0 aromatic heterocycles. The lowest BCUT2D eigenvalue weighted by Gasteiger charge is -2.23. The number of benzene rings is 1. The average molecular weight is 232 g/mol. The summed E-state index contributed by atoms with van der Waals surface area (Å²) in [6, 6.07) is 7.97. The molecule has 2 rings (SSSR count). The van der Waals surface area contributed by atoms with E-state index in [4.69, 9.17) is 10.5 Å². The summed E-state index contributed by atoms with van der Waals surface area (Å²) >= 11 is 0. The molecule has 92 valence electrons. The minimum atomic E-state index is 0.530. The molecule has 0 fully saturated rings. The Labute approximate surface area is 103 Å². The van der Waals surface area contributed by atoms with E-state index in [1.165, 1.54) is 0 Å². The molecule has 0 saturated carbocycles. The maximum absolute atomic E-state index is 5.79. The van der Waals surface area contributed by atoms with Crippen LogP contribution in [0.1, 0.15) is 12.0 Å². The SMILES string of the molecule is NCc1ccccc1OCCN1CC=CCC1. The van der Waals surface area contributed by atoms with Gasteiger partial charge in [-0.05, 0) is 12.5 Å². The highest BCUT2D eigenvalue weighted by Gasteiger charge is 2.06. The predicted molar refractivity (Wildman–Crippen MR) is 70.0 cm³/mol. The molecule has 2 N–H and O–H groups in total. The lowest BCUT2D eigenvalue weighted by Crippen LogP contribution is -2.31. The van der Waals surface area contributed by atoms with Crippen LogP contribution < -0.4 is 10.5 Å². The van der Waals surface area contributed by atoms with Crippen LogP contribution in [0.15, 0.2) is 36.4 Å². The lowest BCUT2D eigenvalue weighted by molar-refractivity contribution is 0.220. The van der Waals surface area contributed by atoms with E-state index < -0.39 is 0 Å². The number of nitrogens with zero attached hydrogens (tertiary/aromatic N) is 1. The molecule has 3 heteroatoms. The Morgan fingerprint density at radius 1 is 1.24 bits per heavy atom. The van der Waals surface area contributed by atoms with Crippen molar-refractivity contribution in [3.05, 3.63) is 42.0 Å². The molecule has 0 amide bonds. The molecule has 1 aliphatic heterocycles. The minimum absolute atomic E-state index is 0.530. The van der Waals surface area contributed by atoms with Gasteiger partial charge in [-0.2, -0.15) is 0 Å².